The highest BCUT2D eigenvalue weighted by Crippen LogP contribution is 2.32. The number of hydrogen-bond donors (Lipinski definition) is 10. The molecule has 10 N–H and O–H groups in total. The van der Waals surface area contributed by atoms with Crippen molar-refractivity contribution in [2.45, 2.75) is 114 Å². The number of aliphatic hydroxyl groups is 10. The van der Waals surface area contributed by atoms with E-state index in [9.17, 15) is 60.3 Å². The minimum Gasteiger partial charge on any atom is -0.463 e. The largest absolute Gasteiger partial charge is 0.463 e. The molecular formula is C28H44O18. The lowest BCUT2D eigenvalue weighted by molar-refractivity contribution is -0.355. The van der Waals surface area contributed by atoms with Gasteiger partial charge in [0, 0.05) is 0 Å². The van der Waals surface area contributed by atoms with Gasteiger partial charge in [-0.2, -0.15) is 0 Å². The average Bonchev–Trinajstić information content (AvgIpc) is 3.54. The van der Waals surface area contributed by atoms with Crippen LogP contribution in [0.15, 0.2) is 10.5 Å². The van der Waals surface area contributed by atoms with E-state index in [0.29, 0.717) is 17.1 Å². The van der Waals surface area contributed by atoms with Gasteiger partial charge in [-0.05, 0) is 33.8 Å². The summed E-state index contributed by atoms with van der Waals surface area (Å²) in [6, 6.07) is 1.56. The van der Waals surface area contributed by atoms with Gasteiger partial charge in [0.1, 0.15) is 90.2 Å². The normalized spacial score (nSPS) is 37.4. The van der Waals surface area contributed by atoms with Gasteiger partial charge in [-0.3, -0.25) is 14.4 Å². The molecule has 3 aliphatic rings. The number of rotatable bonds is 8. The molecule has 0 aliphatic carbocycles. The van der Waals surface area contributed by atoms with Crippen molar-refractivity contribution in [3.8, 4) is 0 Å². The number of ether oxygens (including phenoxy) is 4. The summed E-state index contributed by atoms with van der Waals surface area (Å²) in [5.74, 6) is 0.659. The summed E-state index contributed by atoms with van der Waals surface area (Å²) in [6.07, 6.45) is -18.1. The van der Waals surface area contributed by atoms with E-state index in [4.69, 9.17) is 28.5 Å². The highest BCUT2D eigenvalue weighted by atomic mass is 16.7. The lowest BCUT2D eigenvalue weighted by atomic mass is 9.97. The van der Waals surface area contributed by atoms with Gasteiger partial charge >= 0.3 is 0 Å². The summed E-state index contributed by atoms with van der Waals surface area (Å²) in [5, 5.41) is 95.4. The number of hydrogen-bond acceptors (Lipinski definition) is 18. The van der Waals surface area contributed by atoms with Crippen molar-refractivity contribution < 1.29 is 88.8 Å². The fourth-order valence-electron chi connectivity index (χ4n) is 4.77. The molecule has 0 spiro atoms. The van der Waals surface area contributed by atoms with Gasteiger partial charge in [0.2, 0.25) is 0 Å². The minimum atomic E-state index is -1.74. The van der Waals surface area contributed by atoms with Crippen LogP contribution in [0.25, 0.3) is 0 Å². The van der Waals surface area contributed by atoms with E-state index in [-0.39, 0.29) is 30.4 Å². The summed E-state index contributed by atoms with van der Waals surface area (Å²) >= 11 is 0. The van der Waals surface area contributed by atoms with E-state index in [0.717, 1.165) is 0 Å². The molecule has 264 valence electrons. The maximum atomic E-state index is 11.2. The molecule has 13 atom stereocenters. The van der Waals surface area contributed by atoms with Crippen LogP contribution < -0.4 is 0 Å². The maximum absolute atomic E-state index is 11.2. The molecule has 3 aliphatic heterocycles. The third-order valence-corrected chi connectivity index (χ3v) is 7.22. The molecular weight excluding hydrogens is 624 g/mol. The third-order valence-electron chi connectivity index (χ3n) is 7.22. The van der Waals surface area contributed by atoms with Crippen molar-refractivity contribution >= 4 is 17.3 Å². The Morgan fingerprint density at radius 3 is 1.80 bits per heavy atom. The number of aliphatic hydroxyl groups excluding tert-OH is 10. The molecule has 18 nitrogen and oxygen atoms in total. The predicted octanol–water partition coefficient (Wildman–Crippen LogP) is -4.26. The molecule has 1 aromatic heterocycles. The molecule has 3 saturated heterocycles. The molecule has 1 aromatic rings. The van der Waals surface area contributed by atoms with Crippen LogP contribution in [0.5, 0.6) is 0 Å². The second-order valence-electron chi connectivity index (χ2n) is 11.1. The van der Waals surface area contributed by atoms with Crippen LogP contribution in [-0.4, -0.2) is 162 Å². The first kappa shape index (κ1) is 39.9. The second-order valence-corrected chi connectivity index (χ2v) is 11.1. The topological polar surface area (TPSA) is 304 Å². The molecule has 4 heterocycles. The Hall–Kier alpha value is -2.27. The van der Waals surface area contributed by atoms with Crippen LogP contribution >= 0.6 is 0 Å². The van der Waals surface area contributed by atoms with Crippen molar-refractivity contribution in [2.24, 2.45) is 0 Å². The Kier molecular flexibility index (Phi) is 15.4. The molecule has 4 rings (SSSR count). The first-order chi connectivity index (χ1) is 21.4. The second kappa shape index (κ2) is 17.8. The molecule has 46 heavy (non-hydrogen) atoms. The molecule has 0 radical (unpaired) electrons. The zero-order valence-electron chi connectivity index (χ0n) is 25.6. The SMILES string of the molecule is CC(=O)CC(C)=O.CC(=O)c1cc(C2OCC(O)C2O)oc1C.OCC1O[C@@H](O[C@@H]2C(CO)O[C@@H](O)C(O)C2O)[C@@H](O)C(O)[C@@H]1O. The Balaban J connectivity index is 0.000000276. The number of aryl methyl sites for hydroxylation is 1. The van der Waals surface area contributed by atoms with Gasteiger partial charge in [-0.1, -0.05) is 0 Å². The van der Waals surface area contributed by atoms with Gasteiger partial charge in [0.15, 0.2) is 18.4 Å². The monoisotopic (exact) mass is 668 g/mol. The van der Waals surface area contributed by atoms with Crippen LogP contribution in [0, 0.1) is 6.92 Å². The quantitative estimate of drug-likeness (QED) is 0.0926. The van der Waals surface area contributed by atoms with Crippen LogP contribution in [0.1, 0.15) is 55.2 Å². The van der Waals surface area contributed by atoms with Crippen LogP contribution in [0.2, 0.25) is 0 Å². The third kappa shape index (κ3) is 10.1. The van der Waals surface area contributed by atoms with E-state index < -0.39 is 92.9 Å². The smallest absolute Gasteiger partial charge is 0.187 e. The Morgan fingerprint density at radius 2 is 1.37 bits per heavy atom. The van der Waals surface area contributed by atoms with Gasteiger partial charge < -0.3 is 74.4 Å². The summed E-state index contributed by atoms with van der Waals surface area (Å²) in [5.41, 5.74) is 0.479. The molecule has 0 bridgehead atoms. The molecule has 8 unspecified atom stereocenters. The number of carbonyl (C=O) groups is 3. The Morgan fingerprint density at radius 1 is 0.783 bits per heavy atom. The Labute approximate surface area is 263 Å². The molecule has 0 aromatic carbocycles. The average molecular weight is 669 g/mol. The number of Topliss-reactive ketones (excluding diaryl/α,β-unsaturated/α-hetero) is 3. The summed E-state index contributed by atoms with van der Waals surface area (Å²) < 4.78 is 25.8. The lowest BCUT2D eigenvalue weighted by Crippen LogP contribution is -2.64. The van der Waals surface area contributed by atoms with Gasteiger partial charge in [0.25, 0.3) is 0 Å². The van der Waals surface area contributed by atoms with Crippen LogP contribution in [0.4, 0.5) is 0 Å². The molecule has 3 fully saturated rings. The summed E-state index contributed by atoms with van der Waals surface area (Å²) in [6.45, 7) is 4.66. The fourth-order valence-corrected chi connectivity index (χ4v) is 4.77. The van der Waals surface area contributed by atoms with E-state index >= 15 is 0 Å². The van der Waals surface area contributed by atoms with Gasteiger partial charge in [-0.25, -0.2) is 0 Å². The van der Waals surface area contributed by atoms with Crippen molar-refractivity contribution in [3.63, 3.8) is 0 Å². The zero-order valence-corrected chi connectivity index (χ0v) is 25.6. The first-order valence-corrected chi connectivity index (χ1v) is 14.3. The highest BCUT2D eigenvalue weighted by molar-refractivity contribution is 5.96. The Bertz CT molecular complexity index is 1120. The van der Waals surface area contributed by atoms with Crippen LogP contribution in [-0.2, 0) is 28.5 Å². The van der Waals surface area contributed by atoms with E-state index in [1.807, 2.05) is 0 Å². The predicted molar refractivity (Wildman–Crippen MR) is 149 cm³/mol. The zero-order chi connectivity index (χ0) is 35.0. The molecule has 0 saturated carbocycles. The number of carbonyl (C=O) groups excluding carboxylic acids is 3. The van der Waals surface area contributed by atoms with Crippen LogP contribution in [0.3, 0.4) is 0 Å². The summed E-state index contributed by atoms with van der Waals surface area (Å²) in [7, 11) is 0. The van der Waals surface area contributed by atoms with Crippen molar-refractivity contribution in [1.29, 1.82) is 0 Å². The number of ketones is 3. The van der Waals surface area contributed by atoms with Crippen molar-refractivity contribution in [2.75, 3.05) is 19.8 Å². The maximum Gasteiger partial charge on any atom is 0.187 e. The van der Waals surface area contributed by atoms with Crippen molar-refractivity contribution in [1.82, 2.24) is 0 Å². The summed E-state index contributed by atoms with van der Waals surface area (Å²) in [4.78, 5) is 31.3. The lowest BCUT2D eigenvalue weighted by Gasteiger charge is -2.45. The minimum absolute atomic E-state index is 0.0625. The molecule has 0 amide bonds. The van der Waals surface area contributed by atoms with E-state index in [1.165, 1.54) is 20.8 Å². The van der Waals surface area contributed by atoms with E-state index in [2.05, 4.69) is 0 Å². The molecule has 18 heteroatoms. The standard InChI is InChI=1S/C12H22O11.C11H14O5.C5H8O2/c13-1-3-5(15)6(16)9(19)12(22-3)23-10-4(2-14)21-11(20)8(18)7(10)17;1-5(12)7-3-9(16-6(7)2)11-10(14)8(13)4-15-11;1-4(6)3-5(2)7/h3-20H,1-2H2;3,8,10-11,13-14H,4H2,1-2H3;3H2,1-2H3/t3?,4?,5-,6?,7?,8?,9+,10-,11-,12+;;/m1../s1. The highest BCUT2D eigenvalue weighted by Gasteiger charge is 2.50. The fraction of sp³-hybridized carbons (Fsp3) is 0.750. The van der Waals surface area contributed by atoms with Gasteiger partial charge in [-0.15, -0.1) is 0 Å². The van der Waals surface area contributed by atoms with E-state index in [1.54, 1.807) is 13.0 Å². The van der Waals surface area contributed by atoms with Crippen molar-refractivity contribution in [3.05, 3.63) is 23.2 Å². The van der Waals surface area contributed by atoms with Gasteiger partial charge in [0.05, 0.1) is 31.8 Å². The number of furan rings is 1. The first-order valence-electron chi connectivity index (χ1n) is 14.3.